The Balaban J connectivity index is 2.10. The van der Waals surface area contributed by atoms with Crippen LogP contribution >= 0.6 is 0 Å². The van der Waals surface area contributed by atoms with Gasteiger partial charge in [-0.05, 0) is 26.7 Å². The van der Waals surface area contributed by atoms with E-state index in [4.69, 9.17) is 5.73 Å². The highest BCUT2D eigenvalue weighted by atomic mass is 16.1. The summed E-state index contributed by atoms with van der Waals surface area (Å²) in [7, 11) is 0. The van der Waals surface area contributed by atoms with Crippen LogP contribution < -0.4 is 16.0 Å². The summed E-state index contributed by atoms with van der Waals surface area (Å²) in [6.45, 7) is 6.00. The number of aryl methyl sites for hydroxylation is 1. The molecule has 1 aliphatic rings. The van der Waals surface area contributed by atoms with Crippen molar-refractivity contribution in [1.29, 1.82) is 0 Å². The molecule has 19 heavy (non-hydrogen) atoms. The van der Waals surface area contributed by atoms with Crippen LogP contribution in [0.5, 0.6) is 0 Å². The Kier molecular flexibility index (Phi) is 4.19. The Morgan fingerprint density at radius 2 is 2.42 bits per heavy atom. The molecule has 1 amide bonds. The third-order valence-electron chi connectivity index (χ3n) is 3.40. The molecule has 2 rings (SSSR count). The number of anilines is 2. The molecule has 0 saturated carbocycles. The van der Waals surface area contributed by atoms with Crippen LogP contribution in [-0.4, -0.2) is 35.5 Å². The van der Waals surface area contributed by atoms with Crippen LogP contribution in [0.3, 0.4) is 0 Å². The molecule has 1 aromatic heterocycles. The summed E-state index contributed by atoms with van der Waals surface area (Å²) >= 11 is 0. The van der Waals surface area contributed by atoms with Gasteiger partial charge in [-0.1, -0.05) is 0 Å². The Morgan fingerprint density at radius 3 is 3.11 bits per heavy atom. The summed E-state index contributed by atoms with van der Waals surface area (Å²) in [6, 6.07) is 0. The van der Waals surface area contributed by atoms with Gasteiger partial charge in [0.15, 0.2) is 5.82 Å². The number of nitrogens with one attached hydrogen (secondary N) is 1. The predicted molar refractivity (Wildman–Crippen MR) is 74.8 cm³/mol. The van der Waals surface area contributed by atoms with Crippen molar-refractivity contribution < 1.29 is 4.79 Å². The minimum atomic E-state index is 0.0226. The van der Waals surface area contributed by atoms with Crippen LogP contribution in [0.4, 0.5) is 11.5 Å². The second-order valence-corrected chi connectivity index (χ2v) is 4.87. The summed E-state index contributed by atoms with van der Waals surface area (Å²) in [6.07, 6.45) is 3.65. The fourth-order valence-corrected chi connectivity index (χ4v) is 2.45. The molecule has 0 bridgehead atoms. The minimum Gasteiger partial charge on any atom is -0.382 e. The molecule has 0 aromatic carbocycles. The van der Waals surface area contributed by atoms with Crippen molar-refractivity contribution in [2.75, 3.05) is 30.3 Å². The number of rotatable bonds is 3. The van der Waals surface area contributed by atoms with Crippen molar-refractivity contribution in [3.05, 3.63) is 12.0 Å². The maximum absolute atomic E-state index is 11.9. The number of carbonyl (C=O) groups is 1. The first kappa shape index (κ1) is 13.6. The van der Waals surface area contributed by atoms with Crippen molar-refractivity contribution in [3.8, 4) is 0 Å². The van der Waals surface area contributed by atoms with Gasteiger partial charge in [0.2, 0.25) is 5.91 Å². The fraction of sp³-hybridized carbons (Fsp3) is 0.615. The molecule has 1 aliphatic heterocycles. The molecule has 6 nitrogen and oxygen atoms in total. The fourth-order valence-electron chi connectivity index (χ4n) is 2.45. The lowest BCUT2D eigenvalue weighted by molar-refractivity contribution is -0.125. The zero-order valence-corrected chi connectivity index (χ0v) is 11.5. The first-order valence-corrected chi connectivity index (χ1v) is 6.73. The molecule has 1 saturated heterocycles. The van der Waals surface area contributed by atoms with Gasteiger partial charge in [-0.2, -0.15) is 0 Å². The van der Waals surface area contributed by atoms with Gasteiger partial charge in [-0.15, -0.1) is 0 Å². The Morgan fingerprint density at radius 1 is 1.63 bits per heavy atom. The Labute approximate surface area is 113 Å². The molecule has 1 atom stereocenters. The largest absolute Gasteiger partial charge is 0.382 e. The Bertz CT molecular complexity index is 462. The topological polar surface area (TPSA) is 84.1 Å². The second-order valence-electron chi connectivity index (χ2n) is 4.87. The highest BCUT2D eigenvalue weighted by Crippen LogP contribution is 2.26. The van der Waals surface area contributed by atoms with Gasteiger partial charge in [-0.3, -0.25) is 4.79 Å². The van der Waals surface area contributed by atoms with Crippen LogP contribution in [0.2, 0.25) is 0 Å². The molecule has 2 heterocycles. The lowest BCUT2D eigenvalue weighted by Crippen LogP contribution is -2.43. The predicted octanol–water partition coefficient (Wildman–Crippen LogP) is 0.720. The molecule has 6 heteroatoms. The summed E-state index contributed by atoms with van der Waals surface area (Å²) in [5.74, 6) is 1.30. The molecule has 0 aliphatic carbocycles. The number of hydrogen-bond donors (Lipinski definition) is 2. The van der Waals surface area contributed by atoms with Crippen LogP contribution in [0, 0.1) is 12.8 Å². The number of piperidine rings is 1. The van der Waals surface area contributed by atoms with Crippen molar-refractivity contribution in [2.24, 2.45) is 5.92 Å². The lowest BCUT2D eigenvalue weighted by Gasteiger charge is -2.33. The maximum Gasteiger partial charge on any atom is 0.224 e. The van der Waals surface area contributed by atoms with E-state index in [-0.39, 0.29) is 11.8 Å². The van der Waals surface area contributed by atoms with Crippen molar-refractivity contribution >= 4 is 17.4 Å². The summed E-state index contributed by atoms with van der Waals surface area (Å²) < 4.78 is 0. The lowest BCUT2D eigenvalue weighted by atomic mass is 9.97. The van der Waals surface area contributed by atoms with E-state index in [1.807, 2.05) is 13.8 Å². The van der Waals surface area contributed by atoms with Crippen molar-refractivity contribution in [1.82, 2.24) is 15.3 Å². The molecule has 104 valence electrons. The summed E-state index contributed by atoms with van der Waals surface area (Å²) in [5.41, 5.74) is 6.77. The van der Waals surface area contributed by atoms with Crippen LogP contribution in [0.15, 0.2) is 6.20 Å². The van der Waals surface area contributed by atoms with E-state index >= 15 is 0 Å². The third-order valence-corrected chi connectivity index (χ3v) is 3.40. The number of nitrogens with zero attached hydrogens (tertiary/aromatic N) is 3. The zero-order chi connectivity index (χ0) is 13.8. The summed E-state index contributed by atoms with van der Waals surface area (Å²) in [4.78, 5) is 22.4. The van der Waals surface area contributed by atoms with Gasteiger partial charge in [0, 0.05) is 19.6 Å². The van der Waals surface area contributed by atoms with Crippen LogP contribution in [-0.2, 0) is 4.79 Å². The maximum atomic E-state index is 11.9. The highest BCUT2D eigenvalue weighted by Gasteiger charge is 2.26. The number of nitrogens with two attached hydrogens (primary N) is 1. The first-order valence-electron chi connectivity index (χ1n) is 6.73. The Hall–Kier alpha value is -1.85. The van der Waals surface area contributed by atoms with E-state index in [1.54, 1.807) is 6.20 Å². The second kappa shape index (κ2) is 5.86. The van der Waals surface area contributed by atoms with Gasteiger partial charge in [0.25, 0.3) is 0 Å². The van der Waals surface area contributed by atoms with Gasteiger partial charge >= 0.3 is 0 Å². The normalized spacial score (nSPS) is 19.3. The number of aromatic nitrogens is 2. The minimum absolute atomic E-state index is 0.0226. The molecule has 0 spiro atoms. The number of nitrogen functional groups attached to an aromatic ring is 1. The molecular weight excluding hydrogens is 242 g/mol. The third kappa shape index (κ3) is 3.13. The quantitative estimate of drug-likeness (QED) is 0.839. The first-order chi connectivity index (χ1) is 9.11. The molecule has 1 aromatic rings. The van der Waals surface area contributed by atoms with E-state index in [0.717, 1.165) is 25.1 Å². The molecular formula is C13H21N5O. The molecule has 1 fully saturated rings. The monoisotopic (exact) mass is 263 g/mol. The van der Waals surface area contributed by atoms with E-state index < -0.39 is 0 Å². The van der Waals surface area contributed by atoms with Gasteiger partial charge in [0.05, 0.1) is 17.8 Å². The number of hydrogen-bond acceptors (Lipinski definition) is 5. The van der Waals surface area contributed by atoms with Crippen molar-refractivity contribution in [2.45, 2.75) is 26.7 Å². The van der Waals surface area contributed by atoms with Gasteiger partial charge in [-0.25, -0.2) is 9.97 Å². The number of amides is 1. The number of carbonyl (C=O) groups excluding carboxylic acids is 1. The standard InChI is InChI=1S/C13H21N5O/c1-3-15-13(19)10-5-4-6-18(8-10)11-7-16-9(2)17-12(11)14/h7,10H,3-6,8H2,1-2H3,(H,15,19)(H2,14,16,17)/t10-/m0/s1. The average Bonchev–Trinajstić information content (AvgIpc) is 2.39. The SMILES string of the molecule is CCNC(=O)[C@H]1CCCN(c2cnc(C)nc2N)C1. The van der Waals surface area contributed by atoms with Crippen molar-refractivity contribution in [3.63, 3.8) is 0 Å². The molecule has 0 unspecified atom stereocenters. The van der Waals surface area contributed by atoms with E-state index in [9.17, 15) is 4.79 Å². The van der Waals surface area contributed by atoms with Crippen LogP contribution in [0.1, 0.15) is 25.6 Å². The van der Waals surface area contributed by atoms with Gasteiger partial charge in [0.1, 0.15) is 5.82 Å². The smallest absolute Gasteiger partial charge is 0.224 e. The average molecular weight is 263 g/mol. The van der Waals surface area contributed by atoms with E-state index in [1.165, 1.54) is 0 Å². The van der Waals surface area contributed by atoms with E-state index in [0.29, 0.717) is 24.7 Å². The zero-order valence-electron chi connectivity index (χ0n) is 11.5. The highest BCUT2D eigenvalue weighted by molar-refractivity contribution is 5.79. The van der Waals surface area contributed by atoms with E-state index in [2.05, 4.69) is 20.2 Å². The van der Waals surface area contributed by atoms with Crippen LogP contribution in [0.25, 0.3) is 0 Å². The molecule has 0 radical (unpaired) electrons. The van der Waals surface area contributed by atoms with Gasteiger partial charge < -0.3 is 16.0 Å². The molecule has 3 N–H and O–H groups in total. The summed E-state index contributed by atoms with van der Waals surface area (Å²) in [5, 5.41) is 2.88.